The van der Waals surface area contributed by atoms with E-state index in [1.807, 2.05) is 13.8 Å². The minimum atomic E-state index is -3.42. The molecule has 0 bridgehead atoms. The number of hydrogen-bond acceptors (Lipinski definition) is 5. The molecule has 0 aliphatic heterocycles. The van der Waals surface area contributed by atoms with Crippen molar-refractivity contribution < 1.29 is 18.3 Å². The zero-order valence-corrected chi connectivity index (χ0v) is 13.3. The maximum absolute atomic E-state index is 12.3. The predicted molar refractivity (Wildman–Crippen MR) is 83.7 cm³/mol. The van der Waals surface area contributed by atoms with Crippen LogP contribution in [0.1, 0.15) is 20.3 Å². The quantitative estimate of drug-likeness (QED) is 0.665. The fraction of sp³-hybridized carbons (Fsp3) is 0.571. The molecule has 0 atom stereocenters. The Labute approximate surface area is 126 Å². The highest BCUT2D eigenvalue weighted by atomic mass is 32.2. The average molecular weight is 316 g/mol. The molecule has 0 heterocycles. The van der Waals surface area contributed by atoms with Gasteiger partial charge in [0.1, 0.15) is 12.4 Å². The van der Waals surface area contributed by atoms with Crippen molar-refractivity contribution in [1.29, 1.82) is 0 Å². The van der Waals surface area contributed by atoms with Crippen LogP contribution in [0.15, 0.2) is 24.3 Å². The molecule has 7 heteroatoms. The van der Waals surface area contributed by atoms with Gasteiger partial charge in [0.25, 0.3) is 0 Å². The van der Waals surface area contributed by atoms with Crippen molar-refractivity contribution in [3.8, 4) is 5.75 Å². The summed E-state index contributed by atoms with van der Waals surface area (Å²) >= 11 is 0. The summed E-state index contributed by atoms with van der Waals surface area (Å²) in [7, 11) is -3.42. The molecule has 21 heavy (non-hydrogen) atoms. The minimum Gasteiger partial charge on any atom is -0.490 e. The first kappa shape index (κ1) is 17.7. The van der Waals surface area contributed by atoms with E-state index in [0.717, 1.165) is 0 Å². The molecule has 0 unspecified atom stereocenters. The third-order valence-electron chi connectivity index (χ3n) is 2.99. The third kappa shape index (κ3) is 5.53. The van der Waals surface area contributed by atoms with Gasteiger partial charge in [-0.3, -0.25) is 0 Å². The summed E-state index contributed by atoms with van der Waals surface area (Å²) in [5.74, 6) is 0.365. The fourth-order valence-electron chi connectivity index (χ4n) is 1.93. The number of benzene rings is 1. The Hall–Kier alpha value is -1.31. The maximum Gasteiger partial charge on any atom is 0.217 e. The number of para-hydroxylation sites is 2. The standard InChI is InChI=1S/C14H24N2O4S/c1-12(2)16(8-5-9-17)21(18,19)11-10-20-14-7-4-3-6-13(14)15/h3-4,6-7,12,17H,5,8-11,15H2,1-2H3. The highest BCUT2D eigenvalue weighted by Gasteiger charge is 2.24. The zero-order chi connectivity index (χ0) is 15.9. The van der Waals surface area contributed by atoms with E-state index in [9.17, 15) is 8.42 Å². The number of hydrogen-bond donors (Lipinski definition) is 2. The maximum atomic E-state index is 12.3. The van der Waals surface area contributed by atoms with Crippen molar-refractivity contribution in [2.75, 3.05) is 31.2 Å². The number of nitrogens with two attached hydrogens (primary N) is 1. The Morgan fingerprint density at radius 1 is 1.33 bits per heavy atom. The van der Waals surface area contributed by atoms with E-state index in [0.29, 0.717) is 24.4 Å². The van der Waals surface area contributed by atoms with Gasteiger partial charge in [0.15, 0.2) is 0 Å². The topological polar surface area (TPSA) is 92.9 Å². The van der Waals surface area contributed by atoms with E-state index in [-0.39, 0.29) is 25.0 Å². The zero-order valence-electron chi connectivity index (χ0n) is 12.5. The SMILES string of the molecule is CC(C)N(CCCO)S(=O)(=O)CCOc1ccccc1N. The summed E-state index contributed by atoms with van der Waals surface area (Å²) in [5.41, 5.74) is 6.21. The van der Waals surface area contributed by atoms with Gasteiger partial charge in [-0.25, -0.2) is 8.42 Å². The molecule has 0 spiro atoms. The van der Waals surface area contributed by atoms with Gasteiger partial charge in [0.05, 0.1) is 11.4 Å². The fourth-order valence-corrected chi connectivity index (χ4v) is 3.51. The van der Waals surface area contributed by atoms with E-state index in [4.69, 9.17) is 15.6 Å². The van der Waals surface area contributed by atoms with Gasteiger partial charge in [-0.2, -0.15) is 4.31 Å². The molecule has 1 aromatic rings. The van der Waals surface area contributed by atoms with E-state index >= 15 is 0 Å². The van der Waals surface area contributed by atoms with Crippen LogP contribution in [0.4, 0.5) is 5.69 Å². The molecule has 0 aliphatic rings. The number of rotatable bonds is 9. The molecule has 0 radical (unpaired) electrons. The number of aliphatic hydroxyl groups is 1. The monoisotopic (exact) mass is 316 g/mol. The number of sulfonamides is 1. The Morgan fingerprint density at radius 3 is 2.57 bits per heavy atom. The van der Waals surface area contributed by atoms with Crippen molar-refractivity contribution in [2.24, 2.45) is 0 Å². The lowest BCUT2D eigenvalue weighted by molar-refractivity contribution is 0.257. The lowest BCUT2D eigenvalue weighted by Gasteiger charge is -2.25. The summed E-state index contributed by atoms with van der Waals surface area (Å²) in [6, 6.07) is 6.82. The van der Waals surface area contributed by atoms with Crippen LogP contribution in [-0.4, -0.2) is 49.4 Å². The smallest absolute Gasteiger partial charge is 0.217 e. The van der Waals surface area contributed by atoms with Crippen molar-refractivity contribution in [1.82, 2.24) is 4.31 Å². The van der Waals surface area contributed by atoms with Crippen LogP contribution in [0, 0.1) is 0 Å². The van der Waals surface area contributed by atoms with Crippen LogP contribution in [0.25, 0.3) is 0 Å². The van der Waals surface area contributed by atoms with Gasteiger partial charge >= 0.3 is 0 Å². The lowest BCUT2D eigenvalue weighted by atomic mass is 10.3. The van der Waals surface area contributed by atoms with Crippen LogP contribution in [0.3, 0.4) is 0 Å². The molecule has 0 saturated carbocycles. The molecule has 0 fully saturated rings. The van der Waals surface area contributed by atoms with Gasteiger partial charge < -0.3 is 15.6 Å². The Balaban J connectivity index is 2.60. The lowest BCUT2D eigenvalue weighted by Crippen LogP contribution is -2.40. The van der Waals surface area contributed by atoms with E-state index < -0.39 is 10.0 Å². The van der Waals surface area contributed by atoms with Crippen LogP contribution >= 0.6 is 0 Å². The third-order valence-corrected chi connectivity index (χ3v) is 4.99. The van der Waals surface area contributed by atoms with Gasteiger partial charge in [-0.15, -0.1) is 0 Å². The van der Waals surface area contributed by atoms with Crippen LogP contribution in [0.2, 0.25) is 0 Å². The second-order valence-corrected chi connectivity index (χ2v) is 7.03. The number of nitrogen functional groups attached to an aromatic ring is 1. The van der Waals surface area contributed by atoms with E-state index in [1.54, 1.807) is 24.3 Å². The molecule has 0 saturated heterocycles. The number of aliphatic hydroxyl groups excluding tert-OH is 1. The largest absolute Gasteiger partial charge is 0.490 e. The molecule has 1 aromatic carbocycles. The summed E-state index contributed by atoms with van der Waals surface area (Å²) in [5, 5.41) is 8.86. The van der Waals surface area contributed by atoms with Crippen LogP contribution < -0.4 is 10.5 Å². The molecular formula is C14H24N2O4S. The van der Waals surface area contributed by atoms with Crippen molar-refractivity contribution in [3.05, 3.63) is 24.3 Å². The van der Waals surface area contributed by atoms with Crippen molar-refractivity contribution in [2.45, 2.75) is 26.3 Å². The molecule has 6 nitrogen and oxygen atoms in total. The van der Waals surface area contributed by atoms with Crippen LogP contribution in [-0.2, 0) is 10.0 Å². The van der Waals surface area contributed by atoms with E-state index in [1.165, 1.54) is 4.31 Å². The Kier molecular flexibility index (Phi) is 6.94. The van der Waals surface area contributed by atoms with Crippen molar-refractivity contribution in [3.63, 3.8) is 0 Å². The predicted octanol–water partition coefficient (Wildman–Crippen LogP) is 1.07. The average Bonchev–Trinajstić information content (AvgIpc) is 2.40. The highest BCUT2D eigenvalue weighted by Crippen LogP contribution is 2.19. The summed E-state index contributed by atoms with van der Waals surface area (Å²) in [6.45, 7) is 3.94. The highest BCUT2D eigenvalue weighted by molar-refractivity contribution is 7.89. The first-order valence-electron chi connectivity index (χ1n) is 6.96. The second-order valence-electron chi connectivity index (χ2n) is 4.98. The van der Waals surface area contributed by atoms with E-state index in [2.05, 4.69) is 0 Å². The Morgan fingerprint density at radius 2 is 2.00 bits per heavy atom. The summed E-state index contributed by atoms with van der Waals surface area (Å²) in [6.07, 6.45) is 0.421. The number of nitrogens with zero attached hydrogens (tertiary/aromatic N) is 1. The normalized spacial score (nSPS) is 12.0. The molecule has 120 valence electrons. The molecule has 3 N–H and O–H groups in total. The summed E-state index contributed by atoms with van der Waals surface area (Å²) < 4.78 is 31.4. The van der Waals surface area contributed by atoms with Crippen LogP contribution in [0.5, 0.6) is 5.75 Å². The number of ether oxygens (including phenoxy) is 1. The first-order chi connectivity index (χ1) is 9.88. The number of anilines is 1. The van der Waals surface area contributed by atoms with Gasteiger partial charge in [0.2, 0.25) is 10.0 Å². The van der Waals surface area contributed by atoms with Gasteiger partial charge in [-0.05, 0) is 32.4 Å². The first-order valence-corrected chi connectivity index (χ1v) is 8.57. The molecular weight excluding hydrogens is 292 g/mol. The molecule has 0 aliphatic carbocycles. The molecule has 0 aromatic heterocycles. The minimum absolute atomic E-state index is 0.0320. The van der Waals surface area contributed by atoms with Gasteiger partial charge in [0, 0.05) is 19.2 Å². The molecule has 1 rings (SSSR count). The van der Waals surface area contributed by atoms with Gasteiger partial charge in [-0.1, -0.05) is 12.1 Å². The van der Waals surface area contributed by atoms with Crippen molar-refractivity contribution >= 4 is 15.7 Å². The summed E-state index contributed by atoms with van der Waals surface area (Å²) in [4.78, 5) is 0. The Bertz CT molecular complexity index is 532. The second kappa shape index (κ2) is 8.21. The molecule has 0 amide bonds.